The van der Waals surface area contributed by atoms with Gasteiger partial charge in [-0.05, 0) is 50.4 Å². The van der Waals surface area contributed by atoms with E-state index in [1.54, 1.807) is 13.0 Å². The number of benzene rings is 1. The SMILES string of the molecule is Cc1ccc(C(=O)NCC[C@@H]2CCCN2)c(F)c1. The molecule has 4 heteroatoms. The van der Waals surface area contributed by atoms with E-state index < -0.39 is 5.82 Å². The second-order valence-corrected chi connectivity index (χ2v) is 4.82. The Kier molecular flexibility index (Phi) is 4.31. The number of nitrogens with one attached hydrogen (secondary N) is 2. The molecule has 0 radical (unpaired) electrons. The van der Waals surface area contributed by atoms with Gasteiger partial charge in [-0.25, -0.2) is 4.39 Å². The van der Waals surface area contributed by atoms with Crippen LogP contribution in [0.25, 0.3) is 0 Å². The zero-order chi connectivity index (χ0) is 13.0. The highest BCUT2D eigenvalue weighted by Crippen LogP contribution is 2.10. The summed E-state index contributed by atoms with van der Waals surface area (Å²) in [5.41, 5.74) is 0.944. The van der Waals surface area contributed by atoms with Crippen molar-refractivity contribution in [3.63, 3.8) is 0 Å². The van der Waals surface area contributed by atoms with Gasteiger partial charge in [0.2, 0.25) is 0 Å². The van der Waals surface area contributed by atoms with Crippen molar-refractivity contribution in [2.24, 2.45) is 0 Å². The Morgan fingerprint density at radius 3 is 3.06 bits per heavy atom. The fraction of sp³-hybridized carbons (Fsp3) is 0.500. The molecule has 0 spiro atoms. The van der Waals surface area contributed by atoms with Crippen LogP contribution in [0.5, 0.6) is 0 Å². The van der Waals surface area contributed by atoms with Crippen molar-refractivity contribution in [2.45, 2.75) is 32.2 Å². The zero-order valence-corrected chi connectivity index (χ0v) is 10.6. The predicted molar refractivity (Wildman–Crippen MR) is 69.1 cm³/mol. The third kappa shape index (κ3) is 3.29. The van der Waals surface area contributed by atoms with Gasteiger partial charge < -0.3 is 10.6 Å². The monoisotopic (exact) mass is 250 g/mol. The Hall–Kier alpha value is -1.42. The first kappa shape index (κ1) is 13.0. The average Bonchev–Trinajstić information content (AvgIpc) is 2.81. The summed E-state index contributed by atoms with van der Waals surface area (Å²) in [4.78, 5) is 11.8. The summed E-state index contributed by atoms with van der Waals surface area (Å²) in [5, 5.41) is 6.13. The molecule has 1 fully saturated rings. The molecule has 1 atom stereocenters. The van der Waals surface area contributed by atoms with Gasteiger partial charge in [0.05, 0.1) is 5.56 Å². The van der Waals surface area contributed by atoms with Crippen LogP contribution in [0.15, 0.2) is 18.2 Å². The molecule has 18 heavy (non-hydrogen) atoms. The Morgan fingerprint density at radius 2 is 2.39 bits per heavy atom. The number of aryl methyl sites for hydroxylation is 1. The fourth-order valence-electron chi connectivity index (χ4n) is 2.26. The molecule has 0 bridgehead atoms. The van der Waals surface area contributed by atoms with Gasteiger partial charge in [-0.3, -0.25) is 4.79 Å². The Labute approximate surface area is 107 Å². The van der Waals surface area contributed by atoms with E-state index in [1.807, 2.05) is 0 Å². The summed E-state index contributed by atoms with van der Waals surface area (Å²) >= 11 is 0. The van der Waals surface area contributed by atoms with Gasteiger partial charge in [0.1, 0.15) is 5.82 Å². The Morgan fingerprint density at radius 1 is 1.56 bits per heavy atom. The molecule has 0 saturated carbocycles. The number of hydrogen-bond donors (Lipinski definition) is 2. The number of rotatable bonds is 4. The number of carbonyl (C=O) groups excluding carboxylic acids is 1. The van der Waals surface area contributed by atoms with Crippen LogP contribution in [0.1, 0.15) is 35.2 Å². The first-order valence-corrected chi connectivity index (χ1v) is 6.44. The van der Waals surface area contributed by atoms with E-state index >= 15 is 0 Å². The van der Waals surface area contributed by atoms with E-state index in [-0.39, 0.29) is 11.5 Å². The van der Waals surface area contributed by atoms with Gasteiger partial charge in [-0.2, -0.15) is 0 Å². The van der Waals surface area contributed by atoms with Crippen LogP contribution in [0, 0.1) is 12.7 Å². The Bertz CT molecular complexity index is 428. The van der Waals surface area contributed by atoms with Crippen molar-refractivity contribution < 1.29 is 9.18 Å². The van der Waals surface area contributed by atoms with Crippen LogP contribution >= 0.6 is 0 Å². The predicted octanol–water partition coefficient (Wildman–Crippen LogP) is 2.01. The van der Waals surface area contributed by atoms with E-state index in [1.165, 1.54) is 18.6 Å². The lowest BCUT2D eigenvalue weighted by Gasteiger charge is -2.11. The first-order valence-electron chi connectivity index (χ1n) is 6.44. The van der Waals surface area contributed by atoms with Crippen LogP contribution < -0.4 is 10.6 Å². The number of carbonyl (C=O) groups is 1. The van der Waals surface area contributed by atoms with Crippen molar-refractivity contribution in [1.29, 1.82) is 0 Å². The summed E-state index contributed by atoms with van der Waals surface area (Å²) in [6.07, 6.45) is 3.26. The van der Waals surface area contributed by atoms with Gasteiger partial charge in [0.15, 0.2) is 0 Å². The molecule has 1 heterocycles. The third-order valence-corrected chi connectivity index (χ3v) is 3.31. The third-order valence-electron chi connectivity index (χ3n) is 3.31. The molecular weight excluding hydrogens is 231 g/mol. The van der Waals surface area contributed by atoms with Gasteiger partial charge in [-0.1, -0.05) is 6.07 Å². The highest BCUT2D eigenvalue weighted by Gasteiger charge is 2.15. The van der Waals surface area contributed by atoms with Gasteiger partial charge in [0, 0.05) is 12.6 Å². The molecule has 98 valence electrons. The second kappa shape index (κ2) is 5.96. The van der Waals surface area contributed by atoms with E-state index in [4.69, 9.17) is 0 Å². The normalized spacial score (nSPS) is 18.9. The standard InChI is InChI=1S/C14H19FN2O/c1-10-4-5-12(13(15)9-10)14(18)17-8-6-11-3-2-7-16-11/h4-5,9,11,16H,2-3,6-8H2,1H3,(H,17,18)/t11-/m0/s1. The van der Waals surface area contributed by atoms with Gasteiger partial charge >= 0.3 is 0 Å². The zero-order valence-electron chi connectivity index (χ0n) is 10.6. The smallest absolute Gasteiger partial charge is 0.254 e. The van der Waals surface area contributed by atoms with Crippen LogP contribution in [-0.4, -0.2) is 25.0 Å². The minimum Gasteiger partial charge on any atom is -0.352 e. The molecule has 1 aromatic carbocycles. The summed E-state index contributed by atoms with van der Waals surface area (Å²) in [7, 11) is 0. The fourth-order valence-corrected chi connectivity index (χ4v) is 2.26. The van der Waals surface area contributed by atoms with Crippen molar-refractivity contribution in [3.05, 3.63) is 35.1 Å². The lowest BCUT2D eigenvalue weighted by Crippen LogP contribution is -2.31. The topological polar surface area (TPSA) is 41.1 Å². The molecule has 1 aliphatic heterocycles. The van der Waals surface area contributed by atoms with Gasteiger partial charge in [-0.15, -0.1) is 0 Å². The largest absolute Gasteiger partial charge is 0.352 e. The highest BCUT2D eigenvalue weighted by atomic mass is 19.1. The lowest BCUT2D eigenvalue weighted by molar-refractivity contribution is 0.0948. The minimum absolute atomic E-state index is 0.125. The number of hydrogen-bond acceptors (Lipinski definition) is 2. The molecule has 1 amide bonds. The highest BCUT2D eigenvalue weighted by molar-refractivity contribution is 5.94. The van der Waals surface area contributed by atoms with Crippen LogP contribution in [0.2, 0.25) is 0 Å². The van der Waals surface area contributed by atoms with Crippen LogP contribution in [0.3, 0.4) is 0 Å². The maximum atomic E-state index is 13.6. The number of halogens is 1. The molecule has 1 aliphatic rings. The van der Waals surface area contributed by atoms with Crippen molar-refractivity contribution in [2.75, 3.05) is 13.1 Å². The van der Waals surface area contributed by atoms with Crippen molar-refractivity contribution in [1.82, 2.24) is 10.6 Å². The maximum Gasteiger partial charge on any atom is 0.254 e. The van der Waals surface area contributed by atoms with Gasteiger partial charge in [0.25, 0.3) is 5.91 Å². The lowest BCUT2D eigenvalue weighted by atomic mass is 10.1. The molecule has 2 N–H and O–H groups in total. The molecular formula is C14H19FN2O. The van der Waals surface area contributed by atoms with Crippen molar-refractivity contribution >= 4 is 5.91 Å². The van der Waals surface area contributed by atoms with Crippen LogP contribution in [-0.2, 0) is 0 Å². The van der Waals surface area contributed by atoms with Crippen molar-refractivity contribution in [3.8, 4) is 0 Å². The summed E-state index contributed by atoms with van der Waals surface area (Å²) in [6, 6.07) is 5.16. The minimum atomic E-state index is -0.452. The first-order chi connectivity index (χ1) is 8.66. The molecule has 0 unspecified atom stereocenters. The molecule has 0 aliphatic carbocycles. The average molecular weight is 250 g/mol. The quantitative estimate of drug-likeness (QED) is 0.858. The van der Waals surface area contributed by atoms with E-state index in [0.717, 1.165) is 24.9 Å². The molecule has 0 aromatic heterocycles. The Balaban J connectivity index is 1.83. The number of amides is 1. The maximum absolute atomic E-state index is 13.6. The molecule has 1 aromatic rings. The van der Waals surface area contributed by atoms with E-state index in [0.29, 0.717) is 12.6 Å². The summed E-state index contributed by atoms with van der Waals surface area (Å²) < 4.78 is 13.6. The molecule has 2 rings (SSSR count). The van der Waals surface area contributed by atoms with Crippen LogP contribution in [0.4, 0.5) is 4.39 Å². The molecule has 1 saturated heterocycles. The molecule has 3 nitrogen and oxygen atoms in total. The second-order valence-electron chi connectivity index (χ2n) is 4.82. The summed E-state index contributed by atoms with van der Waals surface area (Å²) in [5.74, 6) is -0.781. The van der Waals surface area contributed by atoms with E-state index in [2.05, 4.69) is 10.6 Å². The van der Waals surface area contributed by atoms with E-state index in [9.17, 15) is 9.18 Å². The summed E-state index contributed by atoms with van der Waals surface area (Å²) in [6.45, 7) is 3.45.